The third kappa shape index (κ3) is 5.53. The molecule has 1 aliphatic rings. The van der Waals surface area contributed by atoms with Crippen molar-refractivity contribution in [3.63, 3.8) is 0 Å². The topological polar surface area (TPSA) is 46.6 Å². The van der Waals surface area contributed by atoms with E-state index in [1.165, 1.54) is 0 Å². The van der Waals surface area contributed by atoms with Crippen molar-refractivity contribution in [2.24, 2.45) is 0 Å². The van der Waals surface area contributed by atoms with Crippen molar-refractivity contribution in [1.82, 2.24) is 15.2 Å². The molecule has 1 saturated heterocycles. The number of benzene rings is 1. The monoisotopic (exact) mass is 341 g/mol. The van der Waals surface area contributed by atoms with E-state index in [4.69, 9.17) is 9.47 Å². The Labute approximate surface area is 150 Å². The molecule has 1 aliphatic heterocycles. The van der Waals surface area contributed by atoms with E-state index in [2.05, 4.69) is 28.2 Å². The van der Waals surface area contributed by atoms with Gasteiger partial charge in [-0.25, -0.2) is 0 Å². The lowest BCUT2D eigenvalue weighted by Crippen LogP contribution is -2.46. The summed E-state index contributed by atoms with van der Waals surface area (Å²) in [4.78, 5) is 6.55. The second kappa shape index (κ2) is 9.51. The van der Waals surface area contributed by atoms with Crippen LogP contribution in [0.2, 0.25) is 0 Å². The summed E-state index contributed by atoms with van der Waals surface area (Å²) in [5.74, 6) is 0.915. The number of pyridine rings is 1. The molecule has 1 fully saturated rings. The number of morpholine rings is 1. The average molecular weight is 341 g/mol. The molecule has 0 unspecified atom stereocenters. The summed E-state index contributed by atoms with van der Waals surface area (Å²) < 4.78 is 11.8. The van der Waals surface area contributed by atoms with E-state index in [1.54, 1.807) is 6.20 Å². The third-order valence-electron chi connectivity index (χ3n) is 4.45. The summed E-state index contributed by atoms with van der Waals surface area (Å²) >= 11 is 0. The number of para-hydroxylation sites is 1. The van der Waals surface area contributed by atoms with Crippen LogP contribution in [-0.2, 0) is 17.9 Å². The first-order valence-electron chi connectivity index (χ1n) is 8.99. The minimum absolute atomic E-state index is 0.261. The highest BCUT2D eigenvalue weighted by Crippen LogP contribution is 2.19. The van der Waals surface area contributed by atoms with Gasteiger partial charge in [-0.05, 0) is 18.7 Å². The molecule has 1 N–H and O–H groups in total. The molecule has 134 valence electrons. The van der Waals surface area contributed by atoms with Crippen LogP contribution in [0.1, 0.15) is 18.1 Å². The fraction of sp³-hybridized carbons (Fsp3) is 0.450. The molecule has 0 bridgehead atoms. The first-order chi connectivity index (χ1) is 12.3. The third-order valence-corrected chi connectivity index (χ3v) is 4.45. The zero-order valence-electron chi connectivity index (χ0n) is 14.9. The maximum Gasteiger partial charge on any atom is 0.124 e. The summed E-state index contributed by atoms with van der Waals surface area (Å²) in [5.41, 5.74) is 2.23. The van der Waals surface area contributed by atoms with Gasteiger partial charge in [0.15, 0.2) is 0 Å². The van der Waals surface area contributed by atoms with Gasteiger partial charge in [-0.3, -0.25) is 9.88 Å². The van der Waals surface area contributed by atoms with Crippen LogP contribution in [0.25, 0.3) is 0 Å². The fourth-order valence-corrected chi connectivity index (χ4v) is 2.99. The highest BCUT2D eigenvalue weighted by molar-refractivity contribution is 5.33. The molecule has 5 nitrogen and oxygen atoms in total. The number of ether oxygens (including phenoxy) is 2. The zero-order chi connectivity index (χ0) is 17.3. The Morgan fingerprint density at radius 2 is 2.20 bits per heavy atom. The van der Waals surface area contributed by atoms with Crippen molar-refractivity contribution < 1.29 is 9.47 Å². The minimum Gasteiger partial charge on any atom is -0.489 e. The molecule has 0 radical (unpaired) electrons. The molecule has 5 heteroatoms. The molecule has 25 heavy (non-hydrogen) atoms. The Bertz CT molecular complexity index is 636. The molecular weight excluding hydrogens is 314 g/mol. The van der Waals surface area contributed by atoms with Crippen LogP contribution in [-0.4, -0.2) is 48.8 Å². The Balaban J connectivity index is 1.49. The smallest absolute Gasteiger partial charge is 0.124 e. The van der Waals surface area contributed by atoms with Crippen LogP contribution in [0, 0.1) is 0 Å². The van der Waals surface area contributed by atoms with Crippen LogP contribution >= 0.6 is 0 Å². The van der Waals surface area contributed by atoms with Crippen LogP contribution in [0.5, 0.6) is 5.75 Å². The molecule has 3 rings (SSSR count). The number of hydrogen-bond acceptors (Lipinski definition) is 5. The molecule has 0 saturated carbocycles. The van der Waals surface area contributed by atoms with Gasteiger partial charge in [-0.15, -0.1) is 0 Å². The van der Waals surface area contributed by atoms with Gasteiger partial charge in [0.1, 0.15) is 12.4 Å². The molecule has 2 aromatic rings. The summed E-state index contributed by atoms with van der Waals surface area (Å²) in [6, 6.07) is 12.1. The van der Waals surface area contributed by atoms with Gasteiger partial charge in [0.25, 0.3) is 0 Å². The molecule has 0 amide bonds. The fourth-order valence-electron chi connectivity index (χ4n) is 2.99. The van der Waals surface area contributed by atoms with Gasteiger partial charge in [-0.1, -0.05) is 31.2 Å². The molecular formula is C20H27N3O2. The maximum absolute atomic E-state index is 5.98. The largest absolute Gasteiger partial charge is 0.489 e. The highest BCUT2D eigenvalue weighted by Gasteiger charge is 2.18. The number of rotatable bonds is 8. The second-order valence-corrected chi connectivity index (χ2v) is 6.27. The highest BCUT2D eigenvalue weighted by atomic mass is 16.5. The zero-order valence-corrected chi connectivity index (χ0v) is 14.9. The quantitative estimate of drug-likeness (QED) is 0.799. The van der Waals surface area contributed by atoms with Crippen molar-refractivity contribution >= 4 is 0 Å². The molecule has 1 aromatic heterocycles. The molecule has 1 atom stereocenters. The summed E-state index contributed by atoms with van der Waals surface area (Å²) in [5, 5.41) is 3.51. The standard InChI is InChI=1S/C20H27N3O2/c1-2-23-10-11-24-19(15-23)14-22-13-18-7-3-4-8-20(18)25-16-17-6-5-9-21-12-17/h3-9,12,19,22H,2,10-11,13-16H2,1H3/t19-/m1/s1. The van der Waals surface area contributed by atoms with Crippen LogP contribution in [0.4, 0.5) is 0 Å². The average Bonchev–Trinajstić information content (AvgIpc) is 2.68. The Hall–Kier alpha value is -1.95. The first kappa shape index (κ1) is 17.9. The SMILES string of the molecule is CCN1CCO[C@H](CNCc2ccccc2OCc2cccnc2)C1. The molecule has 2 heterocycles. The van der Waals surface area contributed by atoms with Crippen LogP contribution in [0.3, 0.4) is 0 Å². The lowest BCUT2D eigenvalue weighted by atomic mass is 10.2. The summed E-state index contributed by atoms with van der Waals surface area (Å²) in [7, 11) is 0. The van der Waals surface area contributed by atoms with Gasteiger partial charge in [0.05, 0.1) is 12.7 Å². The number of likely N-dealkylation sites (N-methyl/N-ethyl adjacent to an activating group) is 1. The summed E-state index contributed by atoms with van der Waals surface area (Å²) in [6.45, 7) is 8.31. The van der Waals surface area contributed by atoms with Crippen molar-refractivity contribution in [2.45, 2.75) is 26.2 Å². The van der Waals surface area contributed by atoms with E-state index >= 15 is 0 Å². The van der Waals surface area contributed by atoms with Gasteiger partial charge in [0, 0.05) is 49.7 Å². The second-order valence-electron chi connectivity index (χ2n) is 6.27. The first-order valence-corrected chi connectivity index (χ1v) is 8.99. The van der Waals surface area contributed by atoms with E-state index in [9.17, 15) is 0 Å². The van der Waals surface area contributed by atoms with E-state index in [1.807, 2.05) is 36.5 Å². The molecule has 0 aliphatic carbocycles. The Kier molecular flexibility index (Phi) is 6.79. The van der Waals surface area contributed by atoms with Crippen molar-refractivity contribution in [2.75, 3.05) is 32.8 Å². The van der Waals surface area contributed by atoms with Crippen LogP contribution < -0.4 is 10.1 Å². The summed E-state index contributed by atoms with van der Waals surface area (Å²) in [6.07, 6.45) is 3.87. The van der Waals surface area contributed by atoms with Gasteiger partial charge >= 0.3 is 0 Å². The van der Waals surface area contributed by atoms with Gasteiger partial charge in [0.2, 0.25) is 0 Å². The van der Waals surface area contributed by atoms with Crippen molar-refractivity contribution in [3.8, 4) is 5.75 Å². The van der Waals surface area contributed by atoms with Gasteiger partial charge < -0.3 is 14.8 Å². The lowest BCUT2D eigenvalue weighted by molar-refractivity contribution is -0.0253. The number of hydrogen-bond donors (Lipinski definition) is 1. The van der Waals surface area contributed by atoms with E-state index < -0.39 is 0 Å². The number of nitrogens with one attached hydrogen (secondary N) is 1. The normalized spacial score (nSPS) is 18.2. The van der Waals surface area contributed by atoms with Crippen molar-refractivity contribution in [1.29, 1.82) is 0 Å². The number of nitrogens with zero attached hydrogens (tertiary/aromatic N) is 2. The van der Waals surface area contributed by atoms with E-state index in [0.717, 1.165) is 56.2 Å². The lowest BCUT2D eigenvalue weighted by Gasteiger charge is -2.32. The van der Waals surface area contributed by atoms with E-state index in [-0.39, 0.29) is 6.10 Å². The Morgan fingerprint density at radius 1 is 1.28 bits per heavy atom. The number of aromatic nitrogens is 1. The molecule has 1 aromatic carbocycles. The molecule has 0 spiro atoms. The predicted octanol–water partition coefficient (Wildman–Crippen LogP) is 2.47. The van der Waals surface area contributed by atoms with Gasteiger partial charge in [-0.2, -0.15) is 0 Å². The van der Waals surface area contributed by atoms with Crippen LogP contribution in [0.15, 0.2) is 48.8 Å². The Morgan fingerprint density at radius 3 is 3.04 bits per heavy atom. The van der Waals surface area contributed by atoms with Crippen molar-refractivity contribution in [3.05, 3.63) is 59.9 Å². The maximum atomic E-state index is 5.98. The predicted molar refractivity (Wildman–Crippen MR) is 98.6 cm³/mol. The van der Waals surface area contributed by atoms with E-state index in [0.29, 0.717) is 6.61 Å². The minimum atomic E-state index is 0.261.